The van der Waals surface area contributed by atoms with Crippen LogP contribution in [0, 0.1) is 11.3 Å². The van der Waals surface area contributed by atoms with Crippen molar-refractivity contribution >= 4 is 5.71 Å². The Hall–Kier alpha value is -1.82. The van der Waals surface area contributed by atoms with Crippen molar-refractivity contribution < 1.29 is 4.84 Å². The van der Waals surface area contributed by atoms with Crippen LogP contribution in [0.2, 0.25) is 0 Å². The summed E-state index contributed by atoms with van der Waals surface area (Å²) in [5.74, 6) is 0. The van der Waals surface area contributed by atoms with Crippen LogP contribution in [0.25, 0.3) is 0 Å². The van der Waals surface area contributed by atoms with Gasteiger partial charge in [-0.2, -0.15) is 5.26 Å². The second-order valence-corrected chi connectivity index (χ2v) is 2.10. The van der Waals surface area contributed by atoms with E-state index in [-0.39, 0.29) is 5.71 Å². The van der Waals surface area contributed by atoms with E-state index in [2.05, 4.69) is 9.99 Å². The summed E-state index contributed by atoms with van der Waals surface area (Å²) in [7, 11) is 1.42. The summed E-state index contributed by atoms with van der Waals surface area (Å²) in [5.41, 5.74) is 1.06. The number of nitrogens with zero attached hydrogens (tertiary/aromatic N) is 2. The van der Waals surface area contributed by atoms with Crippen LogP contribution in [-0.4, -0.2) is 12.8 Å². The predicted molar refractivity (Wildman–Crippen MR) is 45.6 cm³/mol. The summed E-state index contributed by atoms with van der Waals surface area (Å²) in [6.45, 7) is 0. The first-order chi connectivity index (χ1) is 5.88. The summed E-state index contributed by atoms with van der Waals surface area (Å²) in [6.07, 6.45) is 0. The highest BCUT2D eigenvalue weighted by Crippen LogP contribution is 2.00. The number of hydrogen-bond acceptors (Lipinski definition) is 3. The molecule has 0 aliphatic heterocycles. The Morgan fingerprint density at radius 3 is 2.58 bits per heavy atom. The molecule has 0 spiro atoms. The van der Waals surface area contributed by atoms with Crippen molar-refractivity contribution in [1.29, 1.82) is 5.26 Å². The van der Waals surface area contributed by atoms with Crippen LogP contribution in [0.1, 0.15) is 5.56 Å². The second kappa shape index (κ2) is 4.14. The summed E-state index contributed by atoms with van der Waals surface area (Å²) < 4.78 is 0. The summed E-state index contributed by atoms with van der Waals surface area (Å²) in [4.78, 5) is 4.51. The molecular formula is C9H8N2O. The predicted octanol–water partition coefficient (Wildman–Crippen LogP) is 1.56. The minimum atomic E-state index is 0.290. The Bertz CT molecular complexity index is 311. The van der Waals surface area contributed by atoms with Crippen molar-refractivity contribution in [1.82, 2.24) is 0 Å². The monoisotopic (exact) mass is 160 g/mol. The molecular weight excluding hydrogens is 152 g/mol. The van der Waals surface area contributed by atoms with E-state index >= 15 is 0 Å². The van der Waals surface area contributed by atoms with E-state index in [1.54, 1.807) is 12.1 Å². The highest BCUT2D eigenvalue weighted by molar-refractivity contribution is 6.11. The van der Waals surface area contributed by atoms with Gasteiger partial charge in [-0.3, -0.25) is 0 Å². The van der Waals surface area contributed by atoms with Gasteiger partial charge in [-0.15, -0.1) is 0 Å². The first kappa shape index (κ1) is 8.28. The van der Waals surface area contributed by atoms with Crippen LogP contribution in [0.4, 0.5) is 0 Å². The fourth-order valence-electron chi connectivity index (χ4n) is 0.825. The highest BCUT2D eigenvalue weighted by atomic mass is 16.6. The van der Waals surface area contributed by atoms with Crippen LogP contribution in [-0.2, 0) is 4.84 Å². The third kappa shape index (κ3) is 1.83. The average molecular weight is 160 g/mol. The molecule has 3 heteroatoms. The number of nitriles is 1. The SMILES string of the molecule is CO/N=C(\C#N)c1ccccc1. The van der Waals surface area contributed by atoms with E-state index in [9.17, 15) is 0 Å². The summed E-state index contributed by atoms with van der Waals surface area (Å²) in [6, 6.07) is 11.1. The van der Waals surface area contributed by atoms with E-state index in [4.69, 9.17) is 5.26 Å². The molecule has 3 nitrogen and oxygen atoms in total. The lowest BCUT2D eigenvalue weighted by molar-refractivity contribution is 0.214. The standard InChI is InChI=1S/C9H8N2O/c1-12-11-9(7-10)8-5-3-2-4-6-8/h2-6H,1H3/b11-9+. The lowest BCUT2D eigenvalue weighted by atomic mass is 10.1. The van der Waals surface area contributed by atoms with Gasteiger partial charge >= 0.3 is 0 Å². The third-order valence-electron chi connectivity index (χ3n) is 1.34. The van der Waals surface area contributed by atoms with E-state index in [0.29, 0.717) is 0 Å². The molecule has 0 atom stereocenters. The van der Waals surface area contributed by atoms with Gasteiger partial charge in [0.2, 0.25) is 0 Å². The zero-order chi connectivity index (χ0) is 8.81. The first-order valence-corrected chi connectivity index (χ1v) is 3.45. The van der Waals surface area contributed by atoms with Gasteiger partial charge in [0.15, 0.2) is 5.71 Å². The van der Waals surface area contributed by atoms with Crippen molar-refractivity contribution in [3.63, 3.8) is 0 Å². The number of hydrogen-bond donors (Lipinski definition) is 0. The van der Waals surface area contributed by atoms with Crippen molar-refractivity contribution in [3.8, 4) is 6.07 Å². The zero-order valence-electron chi connectivity index (χ0n) is 6.69. The quantitative estimate of drug-likeness (QED) is 0.486. The molecule has 12 heavy (non-hydrogen) atoms. The Kier molecular flexibility index (Phi) is 2.86. The molecule has 0 saturated heterocycles. The molecule has 0 heterocycles. The van der Waals surface area contributed by atoms with Crippen LogP contribution in [0.5, 0.6) is 0 Å². The molecule has 0 amide bonds. The largest absolute Gasteiger partial charge is 0.398 e. The molecule has 1 aromatic rings. The second-order valence-electron chi connectivity index (χ2n) is 2.10. The fraction of sp³-hybridized carbons (Fsp3) is 0.111. The van der Waals surface area contributed by atoms with Gasteiger partial charge in [0.1, 0.15) is 13.2 Å². The molecule has 0 bridgehead atoms. The lowest BCUT2D eigenvalue weighted by Crippen LogP contribution is -1.96. The molecule has 0 saturated carbocycles. The number of rotatable bonds is 2. The van der Waals surface area contributed by atoms with E-state index in [1.807, 2.05) is 24.3 Å². The van der Waals surface area contributed by atoms with Gasteiger partial charge < -0.3 is 4.84 Å². The van der Waals surface area contributed by atoms with Crippen LogP contribution < -0.4 is 0 Å². The molecule has 0 aromatic heterocycles. The van der Waals surface area contributed by atoms with Crippen molar-refractivity contribution in [2.75, 3.05) is 7.11 Å². The van der Waals surface area contributed by atoms with Gasteiger partial charge in [0, 0.05) is 5.56 Å². The van der Waals surface area contributed by atoms with E-state index in [0.717, 1.165) is 5.56 Å². The number of oxime groups is 1. The van der Waals surface area contributed by atoms with Crippen LogP contribution in [0.15, 0.2) is 35.5 Å². The van der Waals surface area contributed by atoms with Crippen molar-refractivity contribution in [3.05, 3.63) is 35.9 Å². The minimum Gasteiger partial charge on any atom is -0.398 e. The maximum Gasteiger partial charge on any atom is 0.186 e. The Morgan fingerprint density at radius 2 is 2.08 bits per heavy atom. The smallest absolute Gasteiger partial charge is 0.186 e. The van der Waals surface area contributed by atoms with E-state index in [1.165, 1.54) is 7.11 Å². The van der Waals surface area contributed by atoms with Gasteiger partial charge in [0.05, 0.1) is 0 Å². The van der Waals surface area contributed by atoms with Gasteiger partial charge in [-0.25, -0.2) is 0 Å². The van der Waals surface area contributed by atoms with Crippen LogP contribution >= 0.6 is 0 Å². The molecule has 0 aliphatic rings. The molecule has 60 valence electrons. The third-order valence-corrected chi connectivity index (χ3v) is 1.34. The zero-order valence-corrected chi connectivity index (χ0v) is 6.69. The summed E-state index contributed by atoms with van der Waals surface area (Å²) in [5, 5.41) is 12.2. The average Bonchev–Trinajstić information content (AvgIpc) is 2.15. The molecule has 1 aromatic carbocycles. The number of benzene rings is 1. The summed E-state index contributed by atoms with van der Waals surface area (Å²) >= 11 is 0. The van der Waals surface area contributed by atoms with Gasteiger partial charge in [0.25, 0.3) is 0 Å². The van der Waals surface area contributed by atoms with Crippen molar-refractivity contribution in [2.24, 2.45) is 5.16 Å². The first-order valence-electron chi connectivity index (χ1n) is 3.45. The highest BCUT2D eigenvalue weighted by Gasteiger charge is 1.99. The Labute approximate surface area is 70.9 Å². The molecule has 0 N–H and O–H groups in total. The Balaban J connectivity index is 2.98. The fourth-order valence-corrected chi connectivity index (χ4v) is 0.825. The minimum absolute atomic E-state index is 0.290. The molecule has 0 fully saturated rings. The molecule has 0 aliphatic carbocycles. The molecule has 0 radical (unpaired) electrons. The normalized spacial score (nSPS) is 10.5. The maximum absolute atomic E-state index is 8.65. The van der Waals surface area contributed by atoms with Crippen LogP contribution in [0.3, 0.4) is 0 Å². The lowest BCUT2D eigenvalue weighted by Gasteiger charge is -1.94. The van der Waals surface area contributed by atoms with Gasteiger partial charge in [-0.1, -0.05) is 35.5 Å². The maximum atomic E-state index is 8.65. The molecule has 1 rings (SSSR count). The molecule has 0 unspecified atom stereocenters. The van der Waals surface area contributed by atoms with Crippen molar-refractivity contribution in [2.45, 2.75) is 0 Å². The van der Waals surface area contributed by atoms with Gasteiger partial charge in [-0.05, 0) is 0 Å². The van der Waals surface area contributed by atoms with E-state index < -0.39 is 0 Å². The topological polar surface area (TPSA) is 45.4 Å². The Morgan fingerprint density at radius 1 is 1.42 bits per heavy atom.